The molecule has 0 unspecified atom stereocenters. The van der Waals surface area contributed by atoms with Gasteiger partial charge in [-0.05, 0) is 36.4 Å². The molecule has 9 heteroatoms. The van der Waals surface area contributed by atoms with Crippen LogP contribution in [0.4, 0.5) is 5.82 Å². The zero-order chi connectivity index (χ0) is 20.7. The fourth-order valence-corrected chi connectivity index (χ4v) is 3.07. The van der Waals surface area contributed by atoms with Crippen LogP contribution < -0.4 is 21.3 Å². The summed E-state index contributed by atoms with van der Waals surface area (Å²) in [4.78, 5) is 47.4. The van der Waals surface area contributed by atoms with Crippen LogP contribution in [0.25, 0.3) is 5.69 Å². The van der Waals surface area contributed by atoms with Gasteiger partial charge in [-0.2, -0.15) is 0 Å². The first kappa shape index (κ1) is 18.0. The van der Waals surface area contributed by atoms with Crippen molar-refractivity contribution >= 4 is 23.6 Å². The fourth-order valence-electron chi connectivity index (χ4n) is 3.07. The second kappa shape index (κ2) is 6.64. The van der Waals surface area contributed by atoms with Crippen LogP contribution in [0.15, 0.2) is 59.4 Å². The molecule has 2 amide bonds. The molecule has 4 rings (SSSR count). The van der Waals surface area contributed by atoms with Crippen molar-refractivity contribution in [2.45, 2.75) is 0 Å². The van der Waals surface area contributed by atoms with Gasteiger partial charge in [-0.1, -0.05) is 12.1 Å². The number of amides is 2. The van der Waals surface area contributed by atoms with Crippen molar-refractivity contribution in [3.63, 3.8) is 0 Å². The maximum Gasteiger partial charge on any atom is 0.339 e. The molecule has 0 saturated carbocycles. The van der Waals surface area contributed by atoms with Crippen molar-refractivity contribution in [2.24, 2.45) is 0 Å². The topological polar surface area (TPSA) is 141 Å². The molecule has 1 aliphatic heterocycles. The number of para-hydroxylation sites is 1. The molecule has 0 aliphatic carbocycles. The van der Waals surface area contributed by atoms with Crippen molar-refractivity contribution in [2.75, 3.05) is 5.73 Å². The summed E-state index contributed by atoms with van der Waals surface area (Å²) >= 11 is 0. The summed E-state index contributed by atoms with van der Waals surface area (Å²) in [7, 11) is 0. The molecule has 144 valence electrons. The quantitative estimate of drug-likeness (QED) is 0.576. The first-order valence-electron chi connectivity index (χ1n) is 8.38. The van der Waals surface area contributed by atoms with E-state index in [0.29, 0.717) is 11.4 Å². The first-order valence-corrected chi connectivity index (χ1v) is 8.38. The number of aromatic nitrogens is 1. The van der Waals surface area contributed by atoms with Crippen LogP contribution in [0.3, 0.4) is 0 Å². The fraction of sp³-hybridized carbons (Fsp3) is 0. The van der Waals surface area contributed by atoms with Crippen LogP contribution in [-0.4, -0.2) is 27.5 Å². The monoisotopic (exact) mass is 391 g/mol. The Morgan fingerprint density at radius 1 is 1.00 bits per heavy atom. The van der Waals surface area contributed by atoms with Crippen molar-refractivity contribution in [1.29, 1.82) is 0 Å². The Balaban J connectivity index is 1.71. The van der Waals surface area contributed by atoms with E-state index in [1.54, 1.807) is 12.1 Å². The lowest BCUT2D eigenvalue weighted by Crippen LogP contribution is -2.24. The van der Waals surface area contributed by atoms with E-state index in [9.17, 15) is 24.3 Å². The van der Waals surface area contributed by atoms with Crippen LogP contribution in [-0.2, 0) is 0 Å². The number of benzene rings is 2. The molecule has 4 N–H and O–H groups in total. The second-order valence-electron chi connectivity index (χ2n) is 6.17. The number of imide groups is 1. The number of hydrogen-bond acceptors (Lipinski definition) is 6. The number of carbonyl (C=O) groups excluding carboxylic acids is 2. The van der Waals surface area contributed by atoms with E-state index >= 15 is 0 Å². The lowest BCUT2D eigenvalue weighted by molar-refractivity contribution is 0.0693. The molecule has 2 heterocycles. The van der Waals surface area contributed by atoms with E-state index in [0.717, 1.165) is 10.6 Å². The van der Waals surface area contributed by atoms with Crippen LogP contribution in [0.2, 0.25) is 0 Å². The first-order chi connectivity index (χ1) is 13.9. The SMILES string of the molecule is Nc1c2c(cc(=O)n1-c1ccc(Oc3ccccc3C(=O)O)cc1)C(=O)NC2=O. The Morgan fingerprint density at radius 2 is 1.69 bits per heavy atom. The van der Waals surface area contributed by atoms with Crippen LogP contribution in [0, 0.1) is 0 Å². The van der Waals surface area contributed by atoms with Crippen molar-refractivity contribution in [3.8, 4) is 17.2 Å². The number of aromatic carboxylic acids is 1. The van der Waals surface area contributed by atoms with Gasteiger partial charge in [0.1, 0.15) is 22.9 Å². The maximum absolute atomic E-state index is 12.4. The smallest absolute Gasteiger partial charge is 0.339 e. The summed E-state index contributed by atoms with van der Waals surface area (Å²) < 4.78 is 6.72. The van der Waals surface area contributed by atoms with E-state index < -0.39 is 23.3 Å². The summed E-state index contributed by atoms with van der Waals surface area (Å²) in [5.41, 5.74) is 5.66. The number of nitrogens with one attached hydrogen (secondary N) is 1. The molecular formula is C20H13N3O6. The summed E-state index contributed by atoms with van der Waals surface area (Å²) in [6.07, 6.45) is 0. The number of fused-ring (bicyclic) bond motifs is 1. The number of hydrogen-bond donors (Lipinski definition) is 3. The predicted octanol–water partition coefficient (Wildman–Crippen LogP) is 1.79. The van der Waals surface area contributed by atoms with E-state index in [-0.39, 0.29) is 28.3 Å². The van der Waals surface area contributed by atoms with Gasteiger partial charge in [-0.3, -0.25) is 24.3 Å². The highest BCUT2D eigenvalue weighted by Gasteiger charge is 2.31. The molecule has 3 aromatic rings. The second-order valence-corrected chi connectivity index (χ2v) is 6.17. The van der Waals surface area contributed by atoms with Gasteiger partial charge in [-0.15, -0.1) is 0 Å². The molecule has 1 aromatic heterocycles. The van der Waals surface area contributed by atoms with E-state index in [1.807, 2.05) is 0 Å². The zero-order valence-electron chi connectivity index (χ0n) is 14.7. The summed E-state index contributed by atoms with van der Waals surface area (Å²) in [5, 5.41) is 11.3. The number of nitrogen functional groups attached to an aromatic ring is 1. The van der Waals surface area contributed by atoms with Crippen LogP contribution >= 0.6 is 0 Å². The third-order valence-corrected chi connectivity index (χ3v) is 4.39. The van der Waals surface area contributed by atoms with Crippen LogP contribution in [0.5, 0.6) is 11.5 Å². The Bertz CT molecular complexity index is 1240. The molecule has 2 aromatic carbocycles. The van der Waals surface area contributed by atoms with Gasteiger partial charge in [0.2, 0.25) is 0 Å². The average molecular weight is 391 g/mol. The number of carboxylic acids is 1. The molecule has 1 aliphatic rings. The number of anilines is 1. The molecule has 0 saturated heterocycles. The molecule has 29 heavy (non-hydrogen) atoms. The minimum Gasteiger partial charge on any atom is -0.478 e. The van der Waals surface area contributed by atoms with Crippen LogP contribution in [0.1, 0.15) is 31.1 Å². The number of pyridine rings is 1. The molecule has 0 fully saturated rings. The third-order valence-electron chi connectivity index (χ3n) is 4.39. The highest BCUT2D eigenvalue weighted by atomic mass is 16.5. The number of rotatable bonds is 4. The normalized spacial score (nSPS) is 12.4. The van der Waals surface area contributed by atoms with Gasteiger partial charge < -0.3 is 15.6 Å². The van der Waals surface area contributed by atoms with Crippen molar-refractivity contribution in [3.05, 3.63) is 81.6 Å². The molecule has 9 nitrogen and oxygen atoms in total. The lowest BCUT2D eigenvalue weighted by Gasteiger charge is -2.13. The van der Waals surface area contributed by atoms with Gasteiger partial charge in [-0.25, -0.2) is 4.79 Å². The van der Waals surface area contributed by atoms with E-state index in [4.69, 9.17) is 10.5 Å². The summed E-state index contributed by atoms with van der Waals surface area (Å²) in [5.74, 6) is -2.10. The molecule has 0 atom stereocenters. The highest BCUT2D eigenvalue weighted by Crippen LogP contribution is 2.27. The molecule has 0 bridgehead atoms. The largest absolute Gasteiger partial charge is 0.478 e. The third kappa shape index (κ3) is 3.00. The number of nitrogens with zero attached hydrogens (tertiary/aromatic N) is 1. The number of carboxylic acid groups (broad SMARTS) is 1. The minimum absolute atomic E-state index is 0.00587. The summed E-state index contributed by atoms with van der Waals surface area (Å²) in [6, 6.07) is 13.3. The molecule has 0 radical (unpaired) electrons. The maximum atomic E-state index is 12.4. The Morgan fingerprint density at radius 3 is 2.38 bits per heavy atom. The zero-order valence-corrected chi connectivity index (χ0v) is 14.7. The number of ether oxygens (including phenoxy) is 1. The summed E-state index contributed by atoms with van der Waals surface area (Å²) in [6.45, 7) is 0. The molecular weight excluding hydrogens is 378 g/mol. The van der Waals surface area contributed by atoms with E-state index in [1.165, 1.54) is 36.4 Å². The Labute approximate surface area is 163 Å². The average Bonchev–Trinajstić information content (AvgIpc) is 2.97. The molecule has 0 spiro atoms. The van der Waals surface area contributed by atoms with Gasteiger partial charge in [0, 0.05) is 6.07 Å². The van der Waals surface area contributed by atoms with Gasteiger partial charge in [0.25, 0.3) is 17.4 Å². The number of carbonyl (C=O) groups is 3. The van der Waals surface area contributed by atoms with Crippen molar-refractivity contribution < 1.29 is 24.2 Å². The Hall–Kier alpha value is -4.40. The highest BCUT2D eigenvalue weighted by molar-refractivity contribution is 6.23. The number of nitrogens with two attached hydrogens (primary N) is 1. The van der Waals surface area contributed by atoms with Gasteiger partial charge in [0.05, 0.1) is 16.8 Å². The predicted molar refractivity (Wildman–Crippen MR) is 102 cm³/mol. The Kier molecular flexibility index (Phi) is 4.12. The lowest BCUT2D eigenvalue weighted by atomic mass is 10.1. The van der Waals surface area contributed by atoms with Gasteiger partial charge >= 0.3 is 5.97 Å². The van der Waals surface area contributed by atoms with E-state index in [2.05, 4.69) is 5.32 Å². The van der Waals surface area contributed by atoms with Crippen molar-refractivity contribution in [1.82, 2.24) is 9.88 Å². The standard InChI is InChI=1S/C20H13N3O6/c21-17-16-13(18(25)22-19(16)26)9-15(24)23(17)10-5-7-11(8-6-10)29-14-4-2-1-3-12(14)20(27)28/h1-9H,21H2,(H,27,28)(H,22,25,26). The minimum atomic E-state index is -1.12. The van der Waals surface area contributed by atoms with Gasteiger partial charge in [0.15, 0.2) is 0 Å².